The van der Waals surface area contributed by atoms with Crippen molar-refractivity contribution in [2.24, 2.45) is 47.3 Å². The van der Waals surface area contributed by atoms with E-state index in [2.05, 4.69) is 74.3 Å². The largest absolute Gasteiger partial charge is 0.385 e. The predicted octanol–water partition coefficient (Wildman–Crippen LogP) is 10.2. The van der Waals surface area contributed by atoms with Crippen molar-refractivity contribution in [1.82, 2.24) is 51.9 Å². The molecule has 25 nitrogen and oxygen atoms in total. The third kappa shape index (κ3) is 22.1. The molecule has 117 heavy (non-hydrogen) atoms. The maximum Gasteiger partial charge on any atom is 0.258 e. The lowest BCUT2D eigenvalue weighted by atomic mass is 10.1. The molecule has 12 heterocycles. The quantitative estimate of drug-likeness (QED) is 0.0502. The van der Waals surface area contributed by atoms with E-state index in [1.807, 2.05) is 159 Å². The first-order valence-corrected chi connectivity index (χ1v) is 41.5. The van der Waals surface area contributed by atoms with Gasteiger partial charge < -0.3 is 78.2 Å². The minimum atomic E-state index is 0.0424. The van der Waals surface area contributed by atoms with Gasteiger partial charge in [0.25, 0.3) is 33.4 Å². The second-order valence-electron chi connectivity index (χ2n) is 31.2. The smallest absolute Gasteiger partial charge is 0.258 e. The summed E-state index contributed by atoms with van der Waals surface area (Å²) in [6.45, 7) is 23.2. The van der Waals surface area contributed by atoms with Gasteiger partial charge in [0.15, 0.2) is 0 Å². The first kappa shape index (κ1) is 83.7. The first-order chi connectivity index (χ1) is 56.9. The predicted molar refractivity (Wildman–Crippen MR) is 480 cm³/mol. The minimum Gasteiger partial charge on any atom is -0.385 e. The molecule has 0 spiro atoms. The van der Waals surface area contributed by atoms with Crippen LogP contribution in [0.15, 0.2) is 210 Å². The number of anilines is 5. The molecule has 6 aliphatic heterocycles. The van der Waals surface area contributed by atoms with Crippen LogP contribution in [-0.2, 0) is 58.2 Å². The number of aliphatic imine (C=N–C) groups is 1. The van der Waals surface area contributed by atoms with E-state index in [0.717, 1.165) is 236 Å². The zero-order valence-electron chi connectivity index (χ0n) is 69.1. The number of aromatic nitrogens is 6. The van der Waals surface area contributed by atoms with E-state index >= 15 is 0 Å². The highest BCUT2D eigenvalue weighted by atomic mass is 16.5. The van der Waals surface area contributed by atoms with Crippen LogP contribution in [0, 0.1) is 0 Å². The topological polar surface area (TPSA) is 239 Å². The van der Waals surface area contributed by atoms with E-state index in [4.69, 9.17) is 9.47 Å². The minimum absolute atomic E-state index is 0.0424. The molecule has 6 aromatic carbocycles. The zero-order chi connectivity index (χ0) is 81.7. The van der Waals surface area contributed by atoms with Crippen molar-refractivity contribution in [2.45, 2.75) is 44.9 Å². The van der Waals surface area contributed by atoms with Gasteiger partial charge in [0, 0.05) is 238 Å². The first-order valence-electron chi connectivity index (χ1n) is 41.5. The average molecular weight is 1590 g/mol. The summed E-state index contributed by atoms with van der Waals surface area (Å²) in [5.41, 5.74) is 8.17. The van der Waals surface area contributed by atoms with Crippen LogP contribution < -0.4 is 59.9 Å². The second kappa shape index (κ2) is 40.6. The summed E-state index contributed by atoms with van der Waals surface area (Å²) in [4.78, 5) is 88.2. The van der Waals surface area contributed by atoms with E-state index in [1.165, 1.54) is 69.5 Å². The normalized spacial score (nSPS) is 15.7. The zero-order valence-corrected chi connectivity index (χ0v) is 69.1. The van der Waals surface area contributed by atoms with Crippen LogP contribution in [0.2, 0.25) is 0 Å². The lowest BCUT2D eigenvalue weighted by Gasteiger charge is -2.26. The number of rotatable bonds is 18. The molecule has 616 valence electrons. The second-order valence-corrected chi connectivity index (χ2v) is 31.2. The number of aryl methyl sites for hydroxylation is 6. The number of fused-ring (bicyclic) bond motifs is 7. The number of pyridine rings is 6. The maximum atomic E-state index is 12.0. The summed E-state index contributed by atoms with van der Waals surface area (Å²) >= 11 is 0. The Morgan fingerprint density at radius 1 is 0.342 bits per heavy atom. The van der Waals surface area contributed by atoms with Gasteiger partial charge in [-0.05, 0) is 243 Å². The molecule has 0 aliphatic carbocycles. The van der Waals surface area contributed by atoms with Crippen molar-refractivity contribution in [3.8, 4) is 0 Å². The number of hydrogen-bond acceptors (Lipinski definition) is 19. The number of hydrogen-bond donors (Lipinski definition) is 5. The third-order valence-electron chi connectivity index (χ3n) is 22.8. The SMILES string of the molecule is CN1CCN=C1c1ccc2c(=O)n(C)ccc2c1.Cn1ccc2cc(NCCCN3CCOCC3)ccc2c1=O.Cn1ccc2cc(NCCN3CCCC3)ccc2c1=O.Cn1ccc2cc(NCCN3CCCCC3)ccc2c1=O.Cn1ccc2cc(NCCN3CCOCC3)ccc2c1=O.Cn1ccc2cc3c(cc2c1=O)CCN3. The van der Waals surface area contributed by atoms with Crippen LogP contribution in [-0.4, -0.2) is 216 Å². The summed E-state index contributed by atoms with van der Waals surface area (Å²) in [6, 6.07) is 45.7. The van der Waals surface area contributed by atoms with Gasteiger partial charge in [0.2, 0.25) is 0 Å². The van der Waals surface area contributed by atoms with Crippen LogP contribution in [0.25, 0.3) is 64.6 Å². The molecule has 0 amide bonds. The van der Waals surface area contributed by atoms with Gasteiger partial charge >= 0.3 is 0 Å². The van der Waals surface area contributed by atoms with E-state index < -0.39 is 0 Å². The molecular weight excluding hydrogens is 1470 g/mol. The summed E-state index contributed by atoms with van der Waals surface area (Å²) < 4.78 is 20.4. The molecule has 6 aliphatic rings. The van der Waals surface area contributed by atoms with Crippen molar-refractivity contribution in [1.29, 1.82) is 0 Å². The standard InChI is InChI=1S/C17H23N3O2.C17H23N3O.C16H21N3O2.C16H21N3O.C14H15N3O.C12H12N2O/c1-19-8-5-14-13-15(3-4-16(14)17(19)21)18-6-2-7-20-9-11-22-12-10-20;1-19-11-7-14-13-15(5-6-16(14)17(19)21)18-8-12-20-9-3-2-4-10-20;1-18-6-4-13-12-14(2-3-15(13)16(18)20)17-5-7-19-8-10-21-11-9-19;1-18-10-6-13-12-14(4-5-15(13)16(18)20)17-7-11-19-8-2-3-9-19;1-16-8-6-15-13(16)11-3-4-12-10(9-11)5-7-17(2)14(12)18;1-14-5-3-8-7-11-9(2-4-13-11)6-10(8)12(14)15/h3-5,8,13,18H,2,6-7,9-12H2,1H3;5-7,11,13,18H,2-4,8-10,12H2,1H3;2-4,6,12,17H,5,7-11H2,1H3;4-6,10,12,17H,2-3,7-9,11H2,1H3;3-5,7,9H,6,8H2,1-2H3;3,5-7,13H,2,4H2,1H3. The molecular formula is C92H115N17O8. The van der Waals surface area contributed by atoms with Gasteiger partial charge in [-0.2, -0.15) is 0 Å². The Balaban J connectivity index is 0.000000122. The Kier molecular flexibility index (Phi) is 29.1. The lowest BCUT2D eigenvalue weighted by molar-refractivity contribution is 0.0378. The number of nitrogens with zero attached hydrogens (tertiary/aromatic N) is 12. The molecule has 4 saturated heterocycles. The fourth-order valence-electron chi connectivity index (χ4n) is 15.7. The highest BCUT2D eigenvalue weighted by molar-refractivity contribution is 6.02. The molecule has 6 aromatic heterocycles. The Hall–Kier alpha value is -11.2. The highest BCUT2D eigenvalue weighted by Gasteiger charge is 2.19. The van der Waals surface area contributed by atoms with E-state index in [0.29, 0.717) is 0 Å². The van der Waals surface area contributed by atoms with Crippen LogP contribution in [0.5, 0.6) is 0 Å². The Bertz CT molecular complexity index is 5700. The highest BCUT2D eigenvalue weighted by Crippen LogP contribution is 2.27. The molecule has 5 N–H and O–H groups in total. The summed E-state index contributed by atoms with van der Waals surface area (Å²) in [5, 5.41) is 27.7. The van der Waals surface area contributed by atoms with Crippen molar-refractivity contribution >= 4 is 98.9 Å². The summed E-state index contributed by atoms with van der Waals surface area (Å²) in [5.74, 6) is 1.01. The fourth-order valence-corrected chi connectivity index (χ4v) is 15.7. The molecule has 4 fully saturated rings. The monoisotopic (exact) mass is 1590 g/mol. The number of benzene rings is 6. The van der Waals surface area contributed by atoms with Crippen LogP contribution in [0.4, 0.5) is 28.4 Å². The third-order valence-corrected chi connectivity index (χ3v) is 22.8. The average Bonchev–Trinajstić information content (AvgIpc) is 1.74. The molecule has 25 heteroatoms. The van der Waals surface area contributed by atoms with E-state index in [1.54, 1.807) is 75.9 Å². The maximum absolute atomic E-state index is 12.0. The van der Waals surface area contributed by atoms with Gasteiger partial charge in [0.05, 0.1) is 33.0 Å². The molecule has 0 radical (unpaired) electrons. The van der Waals surface area contributed by atoms with E-state index in [-0.39, 0.29) is 33.4 Å². The molecule has 0 unspecified atom stereocenters. The summed E-state index contributed by atoms with van der Waals surface area (Å²) in [7, 11) is 12.7. The number of morpholine rings is 2. The Morgan fingerprint density at radius 2 is 0.675 bits per heavy atom. The molecule has 18 rings (SSSR count). The number of piperidine rings is 1. The molecule has 0 atom stereocenters. The van der Waals surface area contributed by atoms with Crippen molar-refractivity contribution in [2.75, 3.05) is 184 Å². The van der Waals surface area contributed by atoms with Gasteiger partial charge in [-0.15, -0.1) is 0 Å². The number of amidine groups is 1. The fraction of sp³-hybridized carbons (Fsp3) is 0.402. The van der Waals surface area contributed by atoms with Gasteiger partial charge in [-0.25, -0.2) is 0 Å². The molecule has 0 saturated carbocycles. The van der Waals surface area contributed by atoms with Crippen molar-refractivity contribution in [3.63, 3.8) is 0 Å². The van der Waals surface area contributed by atoms with Gasteiger partial charge in [-0.3, -0.25) is 43.6 Å². The van der Waals surface area contributed by atoms with Crippen molar-refractivity contribution < 1.29 is 9.47 Å². The van der Waals surface area contributed by atoms with Crippen LogP contribution >= 0.6 is 0 Å². The van der Waals surface area contributed by atoms with E-state index in [9.17, 15) is 28.8 Å². The number of ether oxygens (including phenoxy) is 2. The summed E-state index contributed by atoms with van der Waals surface area (Å²) in [6.07, 6.45) is 19.7. The van der Waals surface area contributed by atoms with Crippen LogP contribution in [0.1, 0.15) is 49.7 Å². The molecule has 12 aromatic rings. The number of likely N-dealkylation sites (N-methyl/N-ethyl adjacent to an activating group) is 1. The van der Waals surface area contributed by atoms with Crippen molar-refractivity contribution in [3.05, 3.63) is 250 Å². The Morgan fingerprint density at radius 3 is 1.06 bits per heavy atom. The van der Waals surface area contributed by atoms with Gasteiger partial charge in [0.1, 0.15) is 5.84 Å². The van der Waals surface area contributed by atoms with Crippen LogP contribution in [0.3, 0.4) is 0 Å². The molecule has 0 bridgehead atoms. The number of likely N-dealkylation sites (tertiary alicyclic amines) is 2. The lowest BCUT2D eigenvalue weighted by Crippen LogP contribution is -2.39. The Labute approximate surface area is 683 Å². The number of nitrogens with one attached hydrogen (secondary N) is 5. The van der Waals surface area contributed by atoms with Gasteiger partial charge in [-0.1, -0.05) is 12.5 Å².